The zero-order valence-corrected chi connectivity index (χ0v) is 8.27. The summed E-state index contributed by atoms with van der Waals surface area (Å²) in [6.45, 7) is 0. The second-order valence-corrected chi connectivity index (χ2v) is 3.26. The van der Waals surface area contributed by atoms with Gasteiger partial charge < -0.3 is 10.1 Å². The number of aromatic amines is 1. The number of rotatable bonds is 2. The number of hydrogen-bond acceptors (Lipinski definition) is 2. The van der Waals surface area contributed by atoms with Crippen molar-refractivity contribution < 1.29 is 9.90 Å². The van der Waals surface area contributed by atoms with Gasteiger partial charge in [-0.2, -0.15) is 5.26 Å². The van der Waals surface area contributed by atoms with Crippen molar-refractivity contribution in [1.82, 2.24) is 4.98 Å². The SMILES string of the molecule is N#Cc1cccc2c(/C=C/C(=O)O)c[nH]c12. The van der Waals surface area contributed by atoms with Gasteiger partial charge in [0.1, 0.15) is 6.07 Å². The molecule has 78 valence electrons. The molecule has 0 aliphatic heterocycles. The number of hydrogen-bond donors (Lipinski definition) is 2. The van der Waals surface area contributed by atoms with Crippen LogP contribution in [0, 0.1) is 11.3 Å². The summed E-state index contributed by atoms with van der Waals surface area (Å²) in [6.07, 6.45) is 4.26. The van der Waals surface area contributed by atoms with Crippen LogP contribution in [0.25, 0.3) is 17.0 Å². The van der Waals surface area contributed by atoms with E-state index >= 15 is 0 Å². The van der Waals surface area contributed by atoms with E-state index in [9.17, 15) is 4.79 Å². The number of fused-ring (bicyclic) bond motifs is 1. The summed E-state index contributed by atoms with van der Waals surface area (Å²) in [4.78, 5) is 13.4. The second-order valence-electron chi connectivity index (χ2n) is 3.26. The van der Waals surface area contributed by atoms with Crippen molar-refractivity contribution in [2.45, 2.75) is 0 Å². The highest BCUT2D eigenvalue weighted by Gasteiger charge is 2.04. The quantitative estimate of drug-likeness (QED) is 0.748. The Hall–Kier alpha value is -2.54. The maximum atomic E-state index is 10.4. The van der Waals surface area contributed by atoms with Crippen molar-refractivity contribution in [2.75, 3.05) is 0 Å². The van der Waals surface area contributed by atoms with Crippen LogP contribution in [0.4, 0.5) is 0 Å². The fourth-order valence-corrected chi connectivity index (χ4v) is 1.57. The molecule has 16 heavy (non-hydrogen) atoms. The number of benzene rings is 1. The first-order chi connectivity index (χ1) is 7.72. The molecule has 1 heterocycles. The van der Waals surface area contributed by atoms with Crippen LogP contribution in [0.3, 0.4) is 0 Å². The highest BCUT2D eigenvalue weighted by Crippen LogP contribution is 2.22. The first-order valence-electron chi connectivity index (χ1n) is 4.63. The molecule has 2 rings (SSSR count). The topological polar surface area (TPSA) is 76.9 Å². The number of aliphatic carboxylic acids is 1. The van der Waals surface area contributed by atoms with Gasteiger partial charge in [-0.15, -0.1) is 0 Å². The fraction of sp³-hybridized carbons (Fsp3) is 0. The molecule has 0 amide bonds. The van der Waals surface area contributed by atoms with Crippen LogP contribution < -0.4 is 0 Å². The Morgan fingerprint density at radius 2 is 2.31 bits per heavy atom. The summed E-state index contributed by atoms with van der Waals surface area (Å²) in [7, 11) is 0. The molecular formula is C12H8N2O2. The van der Waals surface area contributed by atoms with Gasteiger partial charge in [0.05, 0.1) is 11.1 Å². The summed E-state index contributed by atoms with van der Waals surface area (Å²) >= 11 is 0. The van der Waals surface area contributed by atoms with E-state index in [0.29, 0.717) is 5.56 Å². The van der Waals surface area contributed by atoms with Crippen molar-refractivity contribution in [1.29, 1.82) is 5.26 Å². The number of H-pyrrole nitrogens is 1. The number of nitrogens with zero attached hydrogens (tertiary/aromatic N) is 1. The molecule has 0 radical (unpaired) electrons. The Bertz CT molecular complexity index is 617. The minimum Gasteiger partial charge on any atom is -0.478 e. The van der Waals surface area contributed by atoms with Gasteiger partial charge in [-0.1, -0.05) is 12.1 Å². The summed E-state index contributed by atoms with van der Waals surface area (Å²) in [5, 5.41) is 18.3. The van der Waals surface area contributed by atoms with Crippen LogP contribution in [0.5, 0.6) is 0 Å². The van der Waals surface area contributed by atoms with Gasteiger partial charge in [0.2, 0.25) is 0 Å². The second kappa shape index (κ2) is 3.91. The molecule has 0 aliphatic rings. The van der Waals surface area contributed by atoms with E-state index < -0.39 is 5.97 Å². The molecule has 0 unspecified atom stereocenters. The Morgan fingerprint density at radius 3 is 3.00 bits per heavy atom. The number of nitrogens with one attached hydrogen (secondary N) is 1. The van der Waals surface area contributed by atoms with Crippen LogP contribution in [0.15, 0.2) is 30.5 Å². The number of carbonyl (C=O) groups is 1. The maximum Gasteiger partial charge on any atom is 0.328 e. The lowest BCUT2D eigenvalue weighted by molar-refractivity contribution is -0.131. The molecule has 2 aromatic rings. The van der Waals surface area contributed by atoms with E-state index in [2.05, 4.69) is 11.1 Å². The predicted molar refractivity (Wildman–Crippen MR) is 59.7 cm³/mol. The first-order valence-corrected chi connectivity index (χ1v) is 4.63. The number of para-hydroxylation sites is 1. The lowest BCUT2D eigenvalue weighted by Gasteiger charge is -1.93. The molecule has 0 bridgehead atoms. The van der Waals surface area contributed by atoms with Crippen molar-refractivity contribution in [3.63, 3.8) is 0 Å². The summed E-state index contributed by atoms with van der Waals surface area (Å²) < 4.78 is 0. The lowest BCUT2D eigenvalue weighted by atomic mass is 10.1. The van der Waals surface area contributed by atoms with Gasteiger partial charge in [-0.05, 0) is 12.1 Å². The molecule has 4 nitrogen and oxygen atoms in total. The van der Waals surface area contributed by atoms with Gasteiger partial charge >= 0.3 is 5.97 Å². The summed E-state index contributed by atoms with van der Waals surface area (Å²) in [5.41, 5.74) is 2.04. The summed E-state index contributed by atoms with van der Waals surface area (Å²) in [5.74, 6) is -0.995. The molecular weight excluding hydrogens is 204 g/mol. The number of aromatic nitrogens is 1. The number of carboxylic acids is 1. The summed E-state index contributed by atoms with van der Waals surface area (Å²) in [6, 6.07) is 7.40. The van der Waals surface area contributed by atoms with E-state index in [-0.39, 0.29) is 0 Å². The van der Waals surface area contributed by atoms with E-state index in [1.807, 2.05) is 6.07 Å². The molecule has 0 saturated carbocycles. The van der Waals surface area contributed by atoms with Gasteiger partial charge in [0.15, 0.2) is 0 Å². The van der Waals surface area contributed by atoms with Crippen LogP contribution in [-0.4, -0.2) is 16.1 Å². The minimum absolute atomic E-state index is 0.549. The van der Waals surface area contributed by atoms with E-state index in [1.54, 1.807) is 18.3 Å². The predicted octanol–water partition coefficient (Wildman–Crippen LogP) is 2.14. The molecule has 1 aromatic heterocycles. The number of nitriles is 1. The third-order valence-electron chi connectivity index (χ3n) is 2.27. The smallest absolute Gasteiger partial charge is 0.328 e. The molecule has 0 atom stereocenters. The monoisotopic (exact) mass is 212 g/mol. The molecule has 0 aliphatic carbocycles. The highest BCUT2D eigenvalue weighted by atomic mass is 16.4. The Morgan fingerprint density at radius 1 is 1.50 bits per heavy atom. The van der Waals surface area contributed by atoms with Gasteiger partial charge in [0.25, 0.3) is 0 Å². The zero-order chi connectivity index (χ0) is 11.5. The fourth-order valence-electron chi connectivity index (χ4n) is 1.57. The Labute approximate surface area is 91.4 Å². The van der Waals surface area contributed by atoms with Crippen molar-refractivity contribution in [3.05, 3.63) is 41.6 Å². The largest absolute Gasteiger partial charge is 0.478 e. The van der Waals surface area contributed by atoms with Crippen molar-refractivity contribution in [2.24, 2.45) is 0 Å². The van der Waals surface area contributed by atoms with Gasteiger partial charge in [0, 0.05) is 23.2 Å². The molecule has 1 aromatic carbocycles. The zero-order valence-electron chi connectivity index (χ0n) is 8.27. The van der Waals surface area contributed by atoms with Crippen molar-refractivity contribution >= 4 is 22.9 Å². The molecule has 0 fully saturated rings. The lowest BCUT2D eigenvalue weighted by Crippen LogP contribution is -1.85. The molecule has 0 saturated heterocycles. The standard InChI is InChI=1S/C12H8N2O2/c13-6-8-2-1-3-10-9(4-5-11(15)16)7-14-12(8)10/h1-5,7,14H,(H,15,16)/b5-4+. The third-order valence-corrected chi connectivity index (χ3v) is 2.27. The maximum absolute atomic E-state index is 10.4. The molecule has 0 spiro atoms. The van der Waals surface area contributed by atoms with Crippen LogP contribution in [0.2, 0.25) is 0 Å². The molecule has 2 N–H and O–H groups in total. The Kier molecular flexibility index (Phi) is 2.44. The van der Waals surface area contributed by atoms with Crippen LogP contribution >= 0.6 is 0 Å². The average molecular weight is 212 g/mol. The average Bonchev–Trinajstić information content (AvgIpc) is 2.69. The van der Waals surface area contributed by atoms with Crippen LogP contribution in [-0.2, 0) is 4.79 Å². The van der Waals surface area contributed by atoms with E-state index in [0.717, 1.165) is 22.5 Å². The first kappa shape index (κ1) is 9.99. The normalized spacial score (nSPS) is 10.7. The van der Waals surface area contributed by atoms with Crippen molar-refractivity contribution in [3.8, 4) is 6.07 Å². The van der Waals surface area contributed by atoms with E-state index in [4.69, 9.17) is 10.4 Å². The Balaban J connectivity index is 2.58. The highest BCUT2D eigenvalue weighted by molar-refractivity contribution is 5.95. The van der Waals surface area contributed by atoms with E-state index in [1.165, 1.54) is 6.08 Å². The third kappa shape index (κ3) is 1.66. The number of carboxylic acid groups (broad SMARTS) is 1. The minimum atomic E-state index is -0.995. The van der Waals surface area contributed by atoms with Crippen LogP contribution in [0.1, 0.15) is 11.1 Å². The molecule has 4 heteroatoms. The van der Waals surface area contributed by atoms with Gasteiger partial charge in [-0.25, -0.2) is 4.79 Å². The van der Waals surface area contributed by atoms with Gasteiger partial charge in [-0.3, -0.25) is 0 Å².